The maximum atomic E-state index is 11.9. The lowest BCUT2D eigenvalue weighted by molar-refractivity contribution is 0.0914. The number of carbonyl (C=O) groups is 1. The highest BCUT2D eigenvalue weighted by atomic mass is 16.5. The topological polar surface area (TPSA) is 70.9 Å². The number of hydrogen-bond donors (Lipinski definition) is 2. The van der Waals surface area contributed by atoms with E-state index in [0.29, 0.717) is 12.2 Å². The molecule has 0 aliphatic carbocycles. The highest BCUT2D eigenvalue weighted by Gasteiger charge is 2.11. The van der Waals surface area contributed by atoms with Gasteiger partial charge in [0.2, 0.25) is 5.76 Å². The van der Waals surface area contributed by atoms with Crippen LogP contribution in [0, 0.1) is 13.8 Å². The molecule has 3 rings (SSSR count). The number of nitrogens with one attached hydrogen (secondary N) is 2. The van der Waals surface area contributed by atoms with Crippen LogP contribution in [-0.4, -0.2) is 16.0 Å². The molecule has 2 heterocycles. The minimum absolute atomic E-state index is 0.237. The highest BCUT2D eigenvalue weighted by Crippen LogP contribution is 2.18. The van der Waals surface area contributed by atoms with Gasteiger partial charge in [0.05, 0.1) is 5.69 Å². The fraction of sp³-hybridized carbons (Fsp3) is 0.200. The Kier molecular flexibility index (Phi) is 3.02. The van der Waals surface area contributed by atoms with E-state index in [4.69, 9.17) is 4.52 Å². The van der Waals surface area contributed by atoms with Crippen LogP contribution in [0.15, 0.2) is 35.0 Å². The fourth-order valence-electron chi connectivity index (χ4n) is 2.16. The molecule has 102 valence electrons. The summed E-state index contributed by atoms with van der Waals surface area (Å²) in [5.74, 6) is -0.0158. The number of aromatic nitrogens is 2. The van der Waals surface area contributed by atoms with Crippen molar-refractivity contribution in [2.24, 2.45) is 0 Å². The first-order valence-corrected chi connectivity index (χ1v) is 6.41. The van der Waals surface area contributed by atoms with E-state index in [2.05, 4.69) is 28.4 Å². The van der Waals surface area contributed by atoms with Crippen LogP contribution < -0.4 is 5.32 Å². The van der Waals surface area contributed by atoms with Crippen LogP contribution in [0.3, 0.4) is 0 Å². The normalized spacial score (nSPS) is 10.9. The molecule has 3 aromatic rings. The molecule has 1 amide bonds. The van der Waals surface area contributed by atoms with E-state index in [0.717, 1.165) is 11.1 Å². The zero-order chi connectivity index (χ0) is 14.1. The molecule has 0 bridgehead atoms. The Morgan fingerprint density at radius 1 is 1.35 bits per heavy atom. The van der Waals surface area contributed by atoms with Crippen LogP contribution in [0.25, 0.3) is 10.9 Å². The van der Waals surface area contributed by atoms with Crippen LogP contribution in [0.1, 0.15) is 27.4 Å². The summed E-state index contributed by atoms with van der Waals surface area (Å²) in [4.78, 5) is 15.1. The minimum atomic E-state index is -0.253. The molecule has 0 saturated carbocycles. The van der Waals surface area contributed by atoms with E-state index in [9.17, 15) is 4.79 Å². The van der Waals surface area contributed by atoms with Crippen molar-refractivity contribution in [2.45, 2.75) is 20.4 Å². The molecule has 0 radical (unpaired) electrons. The summed E-state index contributed by atoms with van der Waals surface area (Å²) < 4.78 is 4.92. The number of aromatic amines is 1. The Bertz CT molecular complexity index is 770. The molecule has 0 aliphatic rings. The molecule has 5 nitrogen and oxygen atoms in total. The molecule has 0 fully saturated rings. The third-order valence-corrected chi connectivity index (χ3v) is 3.26. The predicted octanol–water partition coefficient (Wildman–Crippen LogP) is 2.70. The van der Waals surface area contributed by atoms with Crippen molar-refractivity contribution < 1.29 is 9.32 Å². The molecule has 0 spiro atoms. The van der Waals surface area contributed by atoms with E-state index in [1.54, 1.807) is 13.0 Å². The Morgan fingerprint density at radius 2 is 2.20 bits per heavy atom. The van der Waals surface area contributed by atoms with Crippen LogP contribution in [-0.2, 0) is 6.54 Å². The quantitative estimate of drug-likeness (QED) is 0.768. The number of amides is 1. The molecule has 1 aromatic carbocycles. The summed E-state index contributed by atoms with van der Waals surface area (Å²) in [6.45, 7) is 4.29. The zero-order valence-electron chi connectivity index (χ0n) is 11.4. The molecule has 5 heteroatoms. The first-order chi connectivity index (χ1) is 9.63. The molecule has 20 heavy (non-hydrogen) atoms. The van der Waals surface area contributed by atoms with Crippen molar-refractivity contribution in [3.8, 4) is 0 Å². The molecule has 2 aromatic heterocycles. The number of H-pyrrole nitrogens is 1. The van der Waals surface area contributed by atoms with Crippen molar-refractivity contribution in [1.29, 1.82) is 0 Å². The van der Waals surface area contributed by atoms with Gasteiger partial charge in [-0.2, -0.15) is 0 Å². The van der Waals surface area contributed by atoms with Gasteiger partial charge < -0.3 is 14.8 Å². The van der Waals surface area contributed by atoms with E-state index >= 15 is 0 Å². The Labute approximate surface area is 116 Å². The van der Waals surface area contributed by atoms with Gasteiger partial charge in [0.15, 0.2) is 0 Å². The van der Waals surface area contributed by atoms with Crippen molar-refractivity contribution in [3.05, 3.63) is 53.0 Å². The van der Waals surface area contributed by atoms with Gasteiger partial charge in [0.25, 0.3) is 5.91 Å². The fourth-order valence-corrected chi connectivity index (χ4v) is 2.16. The lowest BCUT2D eigenvalue weighted by Crippen LogP contribution is -2.22. The van der Waals surface area contributed by atoms with E-state index in [-0.39, 0.29) is 11.7 Å². The Hall–Kier alpha value is -2.56. The minimum Gasteiger partial charge on any atom is -0.361 e. The molecule has 0 saturated heterocycles. The molecular formula is C15H15N3O2. The molecule has 0 unspecified atom stereocenters. The van der Waals surface area contributed by atoms with Crippen LogP contribution in [0.5, 0.6) is 0 Å². The van der Waals surface area contributed by atoms with Gasteiger partial charge in [-0.15, -0.1) is 0 Å². The largest absolute Gasteiger partial charge is 0.361 e. The second-order valence-corrected chi connectivity index (χ2v) is 4.87. The first-order valence-electron chi connectivity index (χ1n) is 6.41. The second kappa shape index (κ2) is 4.85. The average molecular weight is 269 g/mol. The van der Waals surface area contributed by atoms with Crippen LogP contribution >= 0.6 is 0 Å². The summed E-state index contributed by atoms with van der Waals surface area (Å²) >= 11 is 0. The molecular weight excluding hydrogens is 254 g/mol. The first kappa shape index (κ1) is 12.5. The Morgan fingerprint density at radius 3 is 2.95 bits per heavy atom. The smallest absolute Gasteiger partial charge is 0.290 e. The maximum Gasteiger partial charge on any atom is 0.290 e. The number of carbonyl (C=O) groups excluding carboxylic acids is 1. The van der Waals surface area contributed by atoms with Crippen LogP contribution in [0.4, 0.5) is 0 Å². The lowest BCUT2D eigenvalue weighted by Gasteiger charge is -2.03. The predicted molar refractivity (Wildman–Crippen MR) is 75.4 cm³/mol. The van der Waals surface area contributed by atoms with E-state index < -0.39 is 0 Å². The van der Waals surface area contributed by atoms with Gasteiger partial charge in [0.1, 0.15) is 0 Å². The maximum absolute atomic E-state index is 11.9. The zero-order valence-corrected chi connectivity index (χ0v) is 11.4. The van der Waals surface area contributed by atoms with Crippen molar-refractivity contribution in [2.75, 3.05) is 0 Å². The summed E-state index contributed by atoms with van der Waals surface area (Å²) in [6.07, 6.45) is 1.98. The third kappa shape index (κ3) is 2.30. The summed E-state index contributed by atoms with van der Waals surface area (Å²) in [7, 11) is 0. The number of fused-ring (bicyclic) bond motifs is 1. The SMILES string of the molecule is Cc1cc(C(=O)NCc2ccc3[nH]cc(C)c3c2)on1. The van der Waals surface area contributed by atoms with Crippen molar-refractivity contribution in [1.82, 2.24) is 15.5 Å². The van der Waals surface area contributed by atoms with Crippen molar-refractivity contribution in [3.63, 3.8) is 0 Å². The van der Waals surface area contributed by atoms with Gasteiger partial charge in [-0.1, -0.05) is 11.2 Å². The second-order valence-electron chi connectivity index (χ2n) is 4.87. The molecule has 0 aliphatic heterocycles. The van der Waals surface area contributed by atoms with Gasteiger partial charge >= 0.3 is 0 Å². The van der Waals surface area contributed by atoms with Gasteiger partial charge in [0, 0.05) is 29.7 Å². The lowest BCUT2D eigenvalue weighted by atomic mass is 10.1. The van der Waals surface area contributed by atoms with E-state index in [1.807, 2.05) is 18.3 Å². The van der Waals surface area contributed by atoms with Gasteiger partial charge in [-0.3, -0.25) is 4.79 Å². The number of rotatable bonds is 3. The van der Waals surface area contributed by atoms with E-state index in [1.165, 1.54) is 10.9 Å². The number of hydrogen-bond acceptors (Lipinski definition) is 3. The highest BCUT2D eigenvalue weighted by molar-refractivity contribution is 5.91. The molecule has 2 N–H and O–H groups in total. The number of benzene rings is 1. The summed E-state index contributed by atoms with van der Waals surface area (Å²) in [5, 5.41) is 7.69. The summed E-state index contributed by atoms with van der Waals surface area (Å²) in [5.41, 5.74) is 4.03. The van der Waals surface area contributed by atoms with Gasteiger partial charge in [-0.25, -0.2) is 0 Å². The third-order valence-electron chi connectivity index (χ3n) is 3.26. The average Bonchev–Trinajstić information content (AvgIpc) is 3.03. The Balaban J connectivity index is 1.73. The van der Waals surface area contributed by atoms with Crippen LogP contribution in [0.2, 0.25) is 0 Å². The monoisotopic (exact) mass is 269 g/mol. The standard InChI is InChI=1S/C15H15N3O2/c1-9-7-16-13-4-3-11(6-12(9)13)8-17-15(19)14-5-10(2)18-20-14/h3-7,16H,8H2,1-2H3,(H,17,19). The van der Waals surface area contributed by atoms with Crippen molar-refractivity contribution >= 4 is 16.8 Å². The van der Waals surface area contributed by atoms with Gasteiger partial charge in [-0.05, 0) is 37.1 Å². The number of aryl methyl sites for hydroxylation is 2. The summed E-state index contributed by atoms with van der Waals surface area (Å²) in [6, 6.07) is 7.70. The number of nitrogens with zero attached hydrogens (tertiary/aromatic N) is 1. The molecule has 0 atom stereocenters.